The monoisotopic (exact) mass is 402 g/mol. The minimum atomic E-state index is -1.47. The molecule has 0 saturated heterocycles. The van der Waals surface area contributed by atoms with E-state index in [0.29, 0.717) is 52.6 Å². The second kappa shape index (κ2) is 9.09. The van der Waals surface area contributed by atoms with E-state index < -0.39 is 17.1 Å². The maximum absolute atomic E-state index is 13.2. The summed E-state index contributed by atoms with van der Waals surface area (Å²) in [4.78, 5) is 27.0. The molecule has 148 valence electrons. The molecule has 1 aliphatic rings. The van der Waals surface area contributed by atoms with Crippen LogP contribution in [0.25, 0.3) is 0 Å². The maximum atomic E-state index is 13.2. The van der Waals surface area contributed by atoms with Gasteiger partial charge in [-0.2, -0.15) is 0 Å². The zero-order valence-electron chi connectivity index (χ0n) is 15.5. The molecule has 0 aliphatic carbocycles. The molecular formula is C20H22N2O5S. The predicted molar refractivity (Wildman–Crippen MR) is 104 cm³/mol. The van der Waals surface area contributed by atoms with Crippen molar-refractivity contribution in [2.45, 2.75) is 35.5 Å². The summed E-state index contributed by atoms with van der Waals surface area (Å²) >= 11 is -1.47. The average molecular weight is 402 g/mol. The van der Waals surface area contributed by atoms with Crippen LogP contribution in [0.1, 0.15) is 36.0 Å². The predicted octanol–water partition coefficient (Wildman–Crippen LogP) is 2.89. The highest BCUT2D eigenvalue weighted by Crippen LogP contribution is 2.38. The largest absolute Gasteiger partial charge is 0.606 e. The zero-order valence-corrected chi connectivity index (χ0v) is 16.3. The molecule has 1 unspecified atom stereocenters. The minimum absolute atomic E-state index is 0.205. The summed E-state index contributed by atoms with van der Waals surface area (Å²) in [7, 11) is 1.54. The van der Waals surface area contributed by atoms with Crippen molar-refractivity contribution in [2.75, 3.05) is 18.6 Å². The topological polar surface area (TPSA) is 102 Å². The standard InChI is InChI=1S/C20H22N2O5S/c1-27-14-10-11-18-16(13-14)22(12-6-2-3-9-19(23)21-25)20(24)15-7-4-5-8-17(15)28(18)26/h4-5,7-8,10-11,13,25H,2-3,6,9,12H2,1H3,(H,21,23). The Morgan fingerprint density at radius 3 is 2.71 bits per heavy atom. The van der Waals surface area contributed by atoms with Gasteiger partial charge >= 0.3 is 0 Å². The molecule has 8 heteroatoms. The van der Waals surface area contributed by atoms with E-state index in [4.69, 9.17) is 9.94 Å². The third kappa shape index (κ3) is 4.14. The fourth-order valence-corrected chi connectivity index (χ4v) is 4.53. The second-order valence-corrected chi connectivity index (χ2v) is 7.82. The number of carbonyl (C=O) groups is 2. The number of hydrogen-bond donors (Lipinski definition) is 2. The third-order valence-electron chi connectivity index (χ3n) is 4.63. The molecule has 0 bridgehead atoms. The Bertz CT molecular complexity index is 873. The van der Waals surface area contributed by atoms with Crippen molar-refractivity contribution >= 4 is 28.7 Å². The average Bonchev–Trinajstić information content (AvgIpc) is 2.82. The van der Waals surface area contributed by atoms with Gasteiger partial charge in [0.15, 0.2) is 9.79 Å². The molecule has 2 aromatic carbocycles. The summed E-state index contributed by atoms with van der Waals surface area (Å²) in [6, 6.07) is 12.1. The van der Waals surface area contributed by atoms with Gasteiger partial charge in [0, 0.05) is 30.2 Å². The van der Waals surface area contributed by atoms with Gasteiger partial charge in [0.1, 0.15) is 11.4 Å². The molecule has 28 heavy (non-hydrogen) atoms. The number of amides is 2. The summed E-state index contributed by atoms with van der Waals surface area (Å²) in [6.45, 7) is 0.422. The number of nitrogens with one attached hydrogen (secondary N) is 1. The van der Waals surface area contributed by atoms with Crippen molar-refractivity contribution in [2.24, 2.45) is 0 Å². The van der Waals surface area contributed by atoms with Gasteiger partial charge in [-0.1, -0.05) is 18.6 Å². The Morgan fingerprint density at radius 1 is 1.18 bits per heavy atom. The molecule has 0 aromatic heterocycles. The molecule has 2 amide bonds. The van der Waals surface area contributed by atoms with E-state index in [2.05, 4.69) is 0 Å². The van der Waals surface area contributed by atoms with Crippen LogP contribution in [0.3, 0.4) is 0 Å². The first kappa shape index (κ1) is 20.2. The molecule has 7 nitrogen and oxygen atoms in total. The Balaban J connectivity index is 1.88. The van der Waals surface area contributed by atoms with Gasteiger partial charge in [0.25, 0.3) is 5.91 Å². The zero-order chi connectivity index (χ0) is 20.1. The number of carbonyl (C=O) groups excluding carboxylic acids is 2. The van der Waals surface area contributed by atoms with E-state index in [0.717, 1.165) is 0 Å². The highest BCUT2D eigenvalue weighted by atomic mass is 32.2. The molecule has 0 radical (unpaired) electrons. The summed E-state index contributed by atoms with van der Waals surface area (Å²) < 4.78 is 18.4. The van der Waals surface area contributed by atoms with Crippen molar-refractivity contribution in [3.8, 4) is 5.75 Å². The number of methoxy groups -OCH3 is 1. The molecule has 1 atom stereocenters. The molecule has 0 spiro atoms. The normalized spacial score (nSPS) is 15.5. The van der Waals surface area contributed by atoms with Gasteiger partial charge in [-0.05, 0) is 37.1 Å². The van der Waals surface area contributed by atoms with Crippen molar-refractivity contribution in [3.63, 3.8) is 0 Å². The van der Waals surface area contributed by atoms with Crippen LogP contribution >= 0.6 is 0 Å². The van der Waals surface area contributed by atoms with Gasteiger partial charge in [-0.3, -0.25) is 14.8 Å². The van der Waals surface area contributed by atoms with Crippen molar-refractivity contribution in [3.05, 3.63) is 48.0 Å². The number of nitrogens with zero attached hydrogens (tertiary/aromatic N) is 1. The van der Waals surface area contributed by atoms with Crippen LogP contribution in [0, 0.1) is 0 Å². The van der Waals surface area contributed by atoms with E-state index in [1.54, 1.807) is 60.0 Å². The lowest BCUT2D eigenvalue weighted by atomic mass is 10.1. The van der Waals surface area contributed by atoms with Gasteiger partial charge in [0.05, 0.1) is 12.7 Å². The first-order valence-corrected chi connectivity index (χ1v) is 10.2. The van der Waals surface area contributed by atoms with Gasteiger partial charge in [-0.25, -0.2) is 5.48 Å². The highest BCUT2D eigenvalue weighted by molar-refractivity contribution is 7.91. The van der Waals surface area contributed by atoms with Crippen LogP contribution in [0.5, 0.6) is 5.75 Å². The van der Waals surface area contributed by atoms with Gasteiger partial charge < -0.3 is 14.2 Å². The Labute approximate surface area is 166 Å². The summed E-state index contributed by atoms with van der Waals surface area (Å²) in [5.41, 5.74) is 2.61. The van der Waals surface area contributed by atoms with E-state index in [-0.39, 0.29) is 12.3 Å². The quantitative estimate of drug-likeness (QED) is 0.321. The number of fused-ring (bicyclic) bond motifs is 2. The number of hydrogen-bond acceptors (Lipinski definition) is 5. The summed E-state index contributed by atoms with van der Waals surface area (Å²) in [6.07, 6.45) is 2.20. The lowest BCUT2D eigenvalue weighted by Gasteiger charge is -2.22. The highest BCUT2D eigenvalue weighted by Gasteiger charge is 2.35. The molecular weight excluding hydrogens is 380 g/mol. The van der Waals surface area contributed by atoms with Crippen molar-refractivity contribution in [1.82, 2.24) is 5.48 Å². The second-order valence-electron chi connectivity index (χ2n) is 6.40. The van der Waals surface area contributed by atoms with Crippen molar-refractivity contribution < 1.29 is 24.1 Å². The molecule has 2 N–H and O–H groups in total. The van der Waals surface area contributed by atoms with E-state index in [1.807, 2.05) is 0 Å². The first-order chi connectivity index (χ1) is 13.6. The van der Waals surface area contributed by atoms with Crippen LogP contribution in [0.4, 0.5) is 5.69 Å². The molecule has 2 aromatic rings. The molecule has 3 rings (SSSR count). The lowest BCUT2D eigenvalue weighted by molar-refractivity contribution is -0.129. The fourth-order valence-electron chi connectivity index (χ4n) is 3.18. The van der Waals surface area contributed by atoms with Crippen LogP contribution in [0.2, 0.25) is 0 Å². The number of anilines is 1. The molecule has 0 saturated carbocycles. The molecule has 1 heterocycles. The number of benzene rings is 2. The molecule has 1 aliphatic heterocycles. The lowest BCUT2D eigenvalue weighted by Crippen LogP contribution is -2.32. The van der Waals surface area contributed by atoms with E-state index >= 15 is 0 Å². The smallest absolute Gasteiger partial charge is 0.263 e. The van der Waals surface area contributed by atoms with Crippen molar-refractivity contribution in [1.29, 1.82) is 0 Å². The Hall–Kier alpha value is -2.55. The van der Waals surface area contributed by atoms with Crippen LogP contribution in [-0.2, 0) is 16.0 Å². The number of hydroxylamine groups is 1. The van der Waals surface area contributed by atoms with E-state index in [9.17, 15) is 14.1 Å². The Kier molecular flexibility index (Phi) is 6.56. The van der Waals surface area contributed by atoms with Gasteiger partial charge in [-0.15, -0.1) is 0 Å². The van der Waals surface area contributed by atoms with Gasteiger partial charge in [0.2, 0.25) is 5.91 Å². The fraction of sp³-hybridized carbons (Fsp3) is 0.300. The summed E-state index contributed by atoms with van der Waals surface area (Å²) in [5, 5.41) is 8.54. The number of unbranched alkanes of at least 4 members (excludes halogenated alkanes) is 2. The minimum Gasteiger partial charge on any atom is -0.606 e. The maximum Gasteiger partial charge on any atom is 0.263 e. The van der Waals surface area contributed by atoms with Crippen LogP contribution in [0.15, 0.2) is 52.3 Å². The van der Waals surface area contributed by atoms with Crippen LogP contribution < -0.4 is 15.1 Å². The summed E-state index contributed by atoms with van der Waals surface area (Å²) in [5.74, 6) is -0.0477. The first-order valence-electron chi connectivity index (χ1n) is 9.00. The third-order valence-corrected chi connectivity index (χ3v) is 6.13. The van der Waals surface area contributed by atoms with E-state index in [1.165, 1.54) is 0 Å². The number of ether oxygens (including phenoxy) is 1. The van der Waals surface area contributed by atoms with Crippen LogP contribution in [-0.4, -0.2) is 35.2 Å². The SMILES string of the molecule is COc1ccc2c(c1)N(CCCCCC(=O)NO)C(=O)c1ccccc1[S+]2[O-]. The Morgan fingerprint density at radius 2 is 1.96 bits per heavy atom. The molecule has 0 fully saturated rings. The number of rotatable bonds is 7.